The minimum Gasteiger partial charge on any atom is -0.324 e. The molecule has 0 aliphatic carbocycles. The fourth-order valence-electron chi connectivity index (χ4n) is 1.45. The van der Waals surface area contributed by atoms with Crippen molar-refractivity contribution >= 4 is 10.9 Å². The number of nitrogens with zero attached hydrogens (tertiary/aromatic N) is 3. The summed E-state index contributed by atoms with van der Waals surface area (Å²) in [5, 5.41) is 1.20. The van der Waals surface area contributed by atoms with E-state index in [0.29, 0.717) is 12.4 Å². The fraction of sp³-hybridized carbons (Fsp3) is 0.0714. The molecule has 4 nitrogen and oxygen atoms in total. The Bertz CT molecular complexity index is 530. The molecule has 0 aliphatic heterocycles. The number of aromatic nitrogens is 3. The number of rotatable bonds is 1. The van der Waals surface area contributed by atoms with Crippen molar-refractivity contribution in [1.29, 1.82) is 0 Å². The van der Waals surface area contributed by atoms with Crippen molar-refractivity contribution < 1.29 is 0 Å². The zero-order chi connectivity index (χ0) is 12.6. The molecule has 0 fully saturated rings. The van der Waals surface area contributed by atoms with Crippen molar-refractivity contribution in [2.75, 3.05) is 0 Å². The van der Waals surface area contributed by atoms with Gasteiger partial charge in [-0.05, 0) is 18.2 Å². The van der Waals surface area contributed by atoms with Crippen LogP contribution in [0.5, 0.6) is 0 Å². The van der Waals surface area contributed by atoms with Gasteiger partial charge in [0.1, 0.15) is 5.82 Å². The Balaban J connectivity index is 0.000000138. The van der Waals surface area contributed by atoms with E-state index in [2.05, 4.69) is 27.1 Å². The van der Waals surface area contributed by atoms with Crippen LogP contribution in [0.25, 0.3) is 10.9 Å². The number of fused-ring (bicyclic) bond motifs is 1. The number of hydrogen-bond donors (Lipinski definition) is 1. The van der Waals surface area contributed by atoms with Gasteiger partial charge in [-0.3, -0.25) is 4.98 Å². The SMILES string of the molecule is NCc1ncccn1.c1ccc2ncccc2c1. The van der Waals surface area contributed by atoms with Crippen LogP contribution in [0.3, 0.4) is 0 Å². The van der Waals surface area contributed by atoms with Crippen LogP contribution in [-0.4, -0.2) is 15.0 Å². The molecular formula is C14H14N4. The molecule has 18 heavy (non-hydrogen) atoms. The van der Waals surface area contributed by atoms with Crippen molar-refractivity contribution in [1.82, 2.24) is 15.0 Å². The topological polar surface area (TPSA) is 64.7 Å². The Kier molecular flexibility index (Phi) is 4.33. The highest BCUT2D eigenvalue weighted by Gasteiger charge is 1.86. The molecule has 0 amide bonds. The first-order valence-electron chi connectivity index (χ1n) is 5.66. The lowest BCUT2D eigenvalue weighted by Gasteiger charge is -1.91. The van der Waals surface area contributed by atoms with Crippen LogP contribution in [0.1, 0.15) is 5.82 Å². The third-order valence-corrected chi connectivity index (χ3v) is 2.31. The smallest absolute Gasteiger partial charge is 0.141 e. The molecule has 2 aromatic heterocycles. The van der Waals surface area contributed by atoms with Crippen molar-refractivity contribution in [3.8, 4) is 0 Å². The van der Waals surface area contributed by atoms with Crippen LogP contribution in [0.2, 0.25) is 0 Å². The molecule has 2 N–H and O–H groups in total. The molecule has 4 heteroatoms. The van der Waals surface area contributed by atoms with Crippen molar-refractivity contribution in [3.05, 3.63) is 66.9 Å². The summed E-state index contributed by atoms with van der Waals surface area (Å²) in [5.41, 5.74) is 6.28. The van der Waals surface area contributed by atoms with Crippen LogP contribution in [0.15, 0.2) is 61.1 Å². The van der Waals surface area contributed by atoms with E-state index in [1.807, 2.05) is 30.5 Å². The summed E-state index contributed by atoms with van der Waals surface area (Å²) in [6, 6.07) is 13.8. The third kappa shape index (κ3) is 3.33. The van der Waals surface area contributed by atoms with Crippen LogP contribution < -0.4 is 5.73 Å². The van der Waals surface area contributed by atoms with Gasteiger partial charge in [0, 0.05) is 24.0 Å². The van der Waals surface area contributed by atoms with Crippen LogP contribution >= 0.6 is 0 Å². The third-order valence-electron chi connectivity index (χ3n) is 2.31. The van der Waals surface area contributed by atoms with Crippen molar-refractivity contribution in [2.24, 2.45) is 5.73 Å². The van der Waals surface area contributed by atoms with Crippen LogP contribution in [0.4, 0.5) is 0 Å². The first-order chi connectivity index (χ1) is 8.90. The Morgan fingerprint density at radius 3 is 2.11 bits per heavy atom. The van der Waals surface area contributed by atoms with Gasteiger partial charge in [0.2, 0.25) is 0 Å². The second kappa shape index (κ2) is 6.42. The Labute approximate surface area is 106 Å². The van der Waals surface area contributed by atoms with E-state index < -0.39 is 0 Å². The quantitative estimate of drug-likeness (QED) is 0.705. The first kappa shape index (κ1) is 12.1. The van der Waals surface area contributed by atoms with Crippen LogP contribution in [-0.2, 0) is 6.54 Å². The zero-order valence-electron chi connectivity index (χ0n) is 9.90. The second-order valence-corrected chi connectivity index (χ2v) is 3.57. The lowest BCUT2D eigenvalue weighted by Crippen LogP contribution is -2.00. The molecule has 0 unspecified atom stereocenters. The molecule has 0 radical (unpaired) electrons. The molecule has 0 saturated carbocycles. The zero-order valence-corrected chi connectivity index (χ0v) is 9.90. The first-order valence-corrected chi connectivity index (χ1v) is 5.66. The predicted molar refractivity (Wildman–Crippen MR) is 71.7 cm³/mol. The molecule has 1 aromatic carbocycles. The number of benzene rings is 1. The molecule has 3 rings (SSSR count). The Morgan fingerprint density at radius 2 is 1.44 bits per heavy atom. The molecule has 3 aromatic rings. The maximum absolute atomic E-state index is 5.22. The molecule has 90 valence electrons. The van der Waals surface area contributed by atoms with Gasteiger partial charge < -0.3 is 5.73 Å². The van der Waals surface area contributed by atoms with E-state index in [-0.39, 0.29) is 0 Å². The van der Waals surface area contributed by atoms with Gasteiger partial charge in [0.15, 0.2) is 0 Å². The van der Waals surface area contributed by atoms with E-state index in [1.165, 1.54) is 5.39 Å². The van der Waals surface area contributed by atoms with E-state index >= 15 is 0 Å². The van der Waals surface area contributed by atoms with Gasteiger partial charge in [0.05, 0.1) is 12.1 Å². The van der Waals surface area contributed by atoms with Gasteiger partial charge in [-0.15, -0.1) is 0 Å². The molecule has 0 spiro atoms. The summed E-state index contributed by atoms with van der Waals surface area (Å²) in [5.74, 6) is 0.688. The van der Waals surface area contributed by atoms with Crippen molar-refractivity contribution in [3.63, 3.8) is 0 Å². The number of para-hydroxylation sites is 1. The minimum atomic E-state index is 0.418. The average Bonchev–Trinajstić information content (AvgIpc) is 2.49. The van der Waals surface area contributed by atoms with Gasteiger partial charge in [-0.1, -0.05) is 24.3 Å². The molecule has 0 aliphatic rings. The number of pyridine rings is 1. The largest absolute Gasteiger partial charge is 0.324 e. The van der Waals surface area contributed by atoms with E-state index in [1.54, 1.807) is 18.5 Å². The molecule has 2 heterocycles. The van der Waals surface area contributed by atoms with Gasteiger partial charge in [-0.25, -0.2) is 9.97 Å². The normalized spacial score (nSPS) is 9.61. The van der Waals surface area contributed by atoms with Gasteiger partial charge in [-0.2, -0.15) is 0 Å². The van der Waals surface area contributed by atoms with Crippen LogP contribution in [0, 0.1) is 0 Å². The highest BCUT2D eigenvalue weighted by molar-refractivity contribution is 5.77. The highest BCUT2D eigenvalue weighted by atomic mass is 14.9. The van der Waals surface area contributed by atoms with Crippen molar-refractivity contribution in [2.45, 2.75) is 6.54 Å². The fourth-order valence-corrected chi connectivity index (χ4v) is 1.45. The number of nitrogens with two attached hydrogens (primary N) is 1. The predicted octanol–water partition coefficient (Wildman–Crippen LogP) is 2.17. The van der Waals surface area contributed by atoms with E-state index in [4.69, 9.17) is 5.73 Å². The molecule has 0 saturated heterocycles. The monoisotopic (exact) mass is 238 g/mol. The summed E-state index contributed by atoms with van der Waals surface area (Å²) >= 11 is 0. The minimum absolute atomic E-state index is 0.418. The number of hydrogen-bond acceptors (Lipinski definition) is 4. The summed E-state index contributed by atoms with van der Waals surface area (Å²) in [6.07, 6.45) is 5.16. The molecular weight excluding hydrogens is 224 g/mol. The Hall–Kier alpha value is -2.33. The summed E-state index contributed by atoms with van der Waals surface area (Å²) < 4.78 is 0. The Morgan fingerprint density at radius 1 is 0.778 bits per heavy atom. The maximum atomic E-state index is 5.22. The standard InChI is InChI=1S/C9H7N.C5H7N3/c1-2-6-9-8(4-1)5-3-7-10-9;6-4-5-7-2-1-3-8-5/h1-7H;1-3H,4,6H2. The molecule has 0 atom stereocenters. The lowest BCUT2D eigenvalue weighted by molar-refractivity contribution is 0.909. The molecule has 0 bridgehead atoms. The highest BCUT2D eigenvalue weighted by Crippen LogP contribution is 2.07. The maximum Gasteiger partial charge on any atom is 0.141 e. The van der Waals surface area contributed by atoms with Gasteiger partial charge >= 0.3 is 0 Å². The summed E-state index contributed by atoms with van der Waals surface area (Å²) in [6.45, 7) is 0.418. The second-order valence-electron chi connectivity index (χ2n) is 3.57. The van der Waals surface area contributed by atoms with E-state index in [9.17, 15) is 0 Å². The van der Waals surface area contributed by atoms with Gasteiger partial charge in [0.25, 0.3) is 0 Å². The lowest BCUT2D eigenvalue weighted by atomic mass is 10.2. The van der Waals surface area contributed by atoms with E-state index in [0.717, 1.165) is 5.52 Å². The summed E-state index contributed by atoms with van der Waals surface area (Å²) in [7, 11) is 0. The average molecular weight is 238 g/mol. The summed E-state index contributed by atoms with van der Waals surface area (Å²) in [4.78, 5) is 11.9.